The van der Waals surface area contributed by atoms with Gasteiger partial charge in [-0.1, -0.05) is 91.8 Å². The van der Waals surface area contributed by atoms with Crippen LogP contribution in [0, 0.1) is 28.1 Å². The van der Waals surface area contributed by atoms with E-state index in [1.807, 2.05) is 0 Å². The quantitative estimate of drug-likeness (QED) is 0.556. The molecule has 0 saturated heterocycles. The zero-order valence-electron chi connectivity index (χ0n) is 15.1. The van der Waals surface area contributed by atoms with Gasteiger partial charge in [0.2, 0.25) is 0 Å². The minimum absolute atomic E-state index is 0.229. The van der Waals surface area contributed by atoms with Crippen molar-refractivity contribution in [3.05, 3.63) is 47.6 Å². The molecular weight excluding hydrogens is 252 g/mol. The van der Waals surface area contributed by atoms with Gasteiger partial charge < -0.3 is 0 Å². The van der Waals surface area contributed by atoms with E-state index in [4.69, 9.17) is 0 Å². The van der Waals surface area contributed by atoms with Crippen molar-refractivity contribution in [2.24, 2.45) is 28.1 Å². The van der Waals surface area contributed by atoms with E-state index < -0.39 is 0 Å². The Morgan fingerprint density at radius 1 is 0.619 bits per heavy atom. The molecule has 2 aliphatic rings. The molecule has 0 spiro atoms. The second-order valence-electron chi connectivity index (χ2n) is 9.34. The van der Waals surface area contributed by atoms with Crippen LogP contribution in [0.15, 0.2) is 47.6 Å². The molecule has 0 aromatic heterocycles. The maximum absolute atomic E-state index is 2.48. The van der Waals surface area contributed by atoms with Gasteiger partial charge in [-0.3, -0.25) is 0 Å². The Morgan fingerprint density at radius 3 is 1.19 bits per heavy atom. The predicted molar refractivity (Wildman–Crippen MR) is 94.1 cm³/mol. The van der Waals surface area contributed by atoms with Crippen molar-refractivity contribution in [2.45, 2.75) is 55.4 Å². The fourth-order valence-electron chi connectivity index (χ4n) is 3.17. The standard InChI is InChI=1S/C21H32/c1-19(2,3)15-9-11-17(13-15)21(7,8)18-12-10-16(14-18)20(4,5)6/h9-14,17-18H,1-8H3/t17-,18-/m0/s1. The highest BCUT2D eigenvalue weighted by Gasteiger charge is 2.37. The normalized spacial score (nSPS) is 26.3. The minimum atomic E-state index is 0.229. The molecule has 0 N–H and O–H groups in total. The highest BCUT2D eigenvalue weighted by molar-refractivity contribution is 5.39. The van der Waals surface area contributed by atoms with E-state index in [9.17, 15) is 0 Å². The van der Waals surface area contributed by atoms with Gasteiger partial charge in [0, 0.05) is 11.8 Å². The van der Waals surface area contributed by atoms with Crippen molar-refractivity contribution in [1.29, 1.82) is 0 Å². The first-order valence-electron chi connectivity index (χ1n) is 8.23. The van der Waals surface area contributed by atoms with E-state index in [0.717, 1.165) is 0 Å². The molecule has 0 aromatic rings. The third-order valence-corrected chi connectivity index (χ3v) is 5.13. The summed E-state index contributed by atoms with van der Waals surface area (Å²) in [6.07, 6.45) is 14.4. The van der Waals surface area contributed by atoms with Crippen LogP contribution in [0.5, 0.6) is 0 Å². The molecule has 0 bridgehead atoms. The molecule has 0 aromatic carbocycles. The van der Waals surface area contributed by atoms with Crippen LogP contribution in [0.3, 0.4) is 0 Å². The molecule has 0 aliphatic heterocycles. The first-order valence-corrected chi connectivity index (χ1v) is 8.23. The van der Waals surface area contributed by atoms with Gasteiger partial charge in [-0.05, 0) is 27.4 Å². The average Bonchev–Trinajstić information content (AvgIpc) is 2.97. The lowest BCUT2D eigenvalue weighted by molar-refractivity contribution is 0.251. The van der Waals surface area contributed by atoms with Gasteiger partial charge in [-0.15, -0.1) is 0 Å². The summed E-state index contributed by atoms with van der Waals surface area (Å²) < 4.78 is 0. The van der Waals surface area contributed by atoms with Crippen LogP contribution in [0.1, 0.15) is 55.4 Å². The van der Waals surface area contributed by atoms with Crippen LogP contribution in [-0.4, -0.2) is 0 Å². The molecule has 0 heterocycles. The number of hydrogen-bond acceptors (Lipinski definition) is 0. The Labute approximate surface area is 131 Å². The second-order valence-corrected chi connectivity index (χ2v) is 9.34. The van der Waals surface area contributed by atoms with Crippen LogP contribution in [0.25, 0.3) is 0 Å². The molecule has 0 amide bonds. The molecule has 116 valence electrons. The summed E-state index contributed by atoms with van der Waals surface area (Å²) in [5.74, 6) is 1.05. The first kappa shape index (κ1) is 16.3. The Balaban J connectivity index is 2.23. The molecule has 21 heavy (non-hydrogen) atoms. The van der Waals surface area contributed by atoms with Crippen molar-refractivity contribution in [3.63, 3.8) is 0 Å². The van der Waals surface area contributed by atoms with Crippen molar-refractivity contribution < 1.29 is 0 Å². The molecule has 2 aliphatic carbocycles. The van der Waals surface area contributed by atoms with Gasteiger partial charge >= 0.3 is 0 Å². The average molecular weight is 284 g/mol. The number of rotatable bonds is 2. The number of allylic oxidation sites excluding steroid dienone is 8. The van der Waals surface area contributed by atoms with Gasteiger partial charge in [0.1, 0.15) is 0 Å². The zero-order chi connectivity index (χ0) is 16.1. The van der Waals surface area contributed by atoms with Gasteiger partial charge in [0.25, 0.3) is 0 Å². The fraction of sp³-hybridized carbons (Fsp3) is 0.619. The van der Waals surface area contributed by atoms with Crippen LogP contribution < -0.4 is 0 Å². The summed E-state index contributed by atoms with van der Waals surface area (Å²) in [7, 11) is 0. The van der Waals surface area contributed by atoms with Gasteiger partial charge in [-0.2, -0.15) is 0 Å². The summed E-state index contributed by atoms with van der Waals surface area (Å²) >= 11 is 0. The Kier molecular flexibility index (Phi) is 3.89. The maximum Gasteiger partial charge on any atom is 0.00156 e. The molecule has 0 saturated carbocycles. The largest absolute Gasteiger partial charge is 0.0768 e. The smallest absolute Gasteiger partial charge is 0.00156 e. The highest BCUT2D eigenvalue weighted by Crippen LogP contribution is 2.47. The monoisotopic (exact) mass is 284 g/mol. The molecule has 0 unspecified atom stereocenters. The Bertz CT molecular complexity index is 473. The van der Waals surface area contributed by atoms with Crippen LogP contribution in [0.4, 0.5) is 0 Å². The molecule has 0 radical (unpaired) electrons. The van der Waals surface area contributed by atoms with Crippen molar-refractivity contribution >= 4 is 0 Å². The number of hydrogen-bond donors (Lipinski definition) is 0. The van der Waals surface area contributed by atoms with E-state index in [1.165, 1.54) is 11.1 Å². The zero-order valence-corrected chi connectivity index (χ0v) is 15.1. The first-order chi connectivity index (χ1) is 9.42. The summed E-state index contributed by atoms with van der Waals surface area (Å²) in [5.41, 5.74) is 3.68. The lowest BCUT2D eigenvalue weighted by Gasteiger charge is -2.34. The topological polar surface area (TPSA) is 0 Å². The van der Waals surface area contributed by atoms with Gasteiger partial charge in [0.15, 0.2) is 0 Å². The summed E-state index contributed by atoms with van der Waals surface area (Å²) in [6.45, 7) is 18.6. The molecule has 2 rings (SSSR count). The molecule has 0 fully saturated rings. The third-order valence-electron chi connectivity index (χ3n) is 5.13. The molecule has 0 heteroatoms. The predicted octanol–water partition coefficient (Wildman–Crippen LogP) is 6.33. The van der Waals surface area contributed by atoms with Gasteiger partial charge in [-0.25, -0.2) is 0 Å². The lowest BCUT2D eigenvalue weighted by Crippen LogP contribution is -2.27. The van der Waals surface area contributed by atoms with Crippen LogP contribution in [0.2, 0.25) is 0 Å². The Morgan fingerprint density at radius 2 is 0.952 bits per heavy atom. The second kappa shape index (κ2) is 5.00. The third kappa shape index (κ3) is 3.25. The van der Waals surface area contributed by atoms with E-state index in [2.05, 4.69) is 91.8 Å². The molecule has 2 atom stereocenters. The molecular formula is C21H32. The van der Waals surface area contributed by atoms with Crippen molar-refractivity contribution in [2.75, 3.05) is 0 Å². The van der Waals surface area contributed by atoms with E-state index in [-0.39, 0.29) is 16.2 Å². The van der Waals surface area contributed by atoms with E-state index in [1.54, 1.807) is 0 Å². The summed E-state index contributed by atoms with van der Waals surface area (Å²) in [6, 6.07) is 0. The molecule has 0 nitrogen and oxygen atoms in total. The van der Waals surface area contributed by atoms with Crippen LogP contribution in [-0.2, 0) is 0 Å². The van der Waals surface area contributed by atoms with Crippen LogP contribution >= 0.6 is 0 Å². The summed E-state index contributed by atoms with van der Waals surface area (Å²) in [5, 5.41) is 0. The van der Waals surface area contributed by atoms with E-state index >= 15 is 0 Å². The maximum atomic E-state index is 2.48. The minimum Gasteiger partial charge on any atom is -0.0768 e. The highest BCUT2D eigenvalue weighted by atomic mass is 14.4. The van der Waals surface area contributed by atoms with Gasteiger partial charge in [0.05, 0.1) is 0 Å². The van der Waals surface area contributed by atoms with Crippen molar-refractivity contribution in [1.82, 2.24) is 0 Å². The lowest BCUT2D eigenvalue weighted by atomic mass is 9.69. The fourth-order valence-corrected chi connectivity index (χ4v) is 3.17. The summed E-state index contributed by atoms with van der Waals surface area (Å²) in [4.78, 5) is 0. The Hall–Kier alpha value is -1.04. The van der Waals surface area contributed by atoms with Crippen molar-refractivity contribution in [3.8, 4) is 0 Å². The SMILES string of the molecule is CC(C)(C)C1=C[C@@H](C(C)(C)[C@H]2C=CC(C(C)(C)C)=C2)C=C1. The van der Waals surface area contributed by atoms with E-state index in [0.29, 0.717) is 11.8 Å².